The highest BCUT2D eigenvalue weighted by atomic mass is 35.5. The first-order valence-corrected chi connectivity index (χ1v) is 5.93. The molecular weight excluding hydrogens is 250 g/mol. The number of rotatable bonds is 2. The molecule has 1 aromatic carbocycles. The van der Waals surface area contributed by atoms with Crippen LogP contribution in [0.4, 0.5) is 0 Å². The number of hydrogen-bond acceptors (Lipinski definition) is 4. The van der Waals surface area contributed by atoms with Crippen LogP contribution < -0.4 is 4.74 Å². The molecule has 1 aromatic heterocycles. The molecule has 0 bridgehead atoms. The van der Waals surface area contributed by atoms with Gasteiger partial charge in [-0.15, -0.1) is 0 Å². The minimum atomic E-state index is 0.134. The Bertz CT molecular complexity index is 599. The van der Waals surface area contributed by atoms with E-state index in [0.717, 1.165) is 11.1 Å². The van der Waals surface area contributed by atoms with Gasteiger partial charge in [0, 0.05) is 5.56 Å². The Hall–Kier alpha value is -1.68. The molecule has 0 aliphatic heterocycles. The summed E-state index contributed by atoms with van der Waals surface area (Å²) in [6.45, 7) is 6.15. The minimum absolute atomic E-state index is 0.134. The van der Waals surface area contributed by atoms with E-state index >= 15 is 0 Å². The first kappa shape index (κ1) is 12.8. The van der Waals surface area contributed by atoms with Gasteiger partial charge in [0.1, 0.15) is 0 Å². The molecule has 5 heteroatoms. The van der Waals surface area contributed by atoms with Crippen molar-refractivity contribution < 1.29 is 4.74 Å². The number of ether oxygens (including phenoxy) is 1. The molecule has 2 rings (SSSR count). The second kappa shape index (κ2) is 4.90. The molecule has 0 aliphatic carbocycles. The van der Waals surface area contributed by atoms with Gasteiger partial charge in [0.05, 0.1) is 7.11 Å². The Morgan fingerprint density at radius 3 is 2.28 bits per heavy atom. The molecule has 0 saturated heterocycles. The largest absolute Gasteiger partial charge is 0.467 e. The summed E-state index contributed by atoms with van der Waals surface area (Å²) in [5.41, 5.74) is 4.47. The predicted molar refractivity (Wildman–Crippen MR) is 71.0 cm³/mol. The molecule has 18 heavy (non-hydrogen) atoms. The van der Waals surface area contributed by atoms with E-state index in [0.29, 0.717) is 5.82 Å². The van der Waals surface area contributed by atoms with Gasteiger partial charge in [0.2, 0.25) is 5.28 Å². The van der Waals surface area contributed by atoms with E-state index in [4.69, 9.17) is 16.3 Å². The molecule has 1 heterocycles. The standard InChI is InChI=1S/C13H14ClN3O/c1-7-5-9(3)10(6-8(7)2)11-15-12(14)17-13(16-11)18-4/h5-6H,1-4H3. The zero-order valence-electron chi connectivity index (χ0n) is 10.8. The lowest BCUT2D eigenvalue weighted by Crippen LogP contribution is -1.99. The highest BCUT2D eigenvalue weighted by molar-refractivity contribution is 6.28. The van der Waals surface area contributed by atoms with Crippen molar-refractivity contribution in [2.75, 3.05) is 7.11 Å². The monoisotopic (exact) mass is 263 g/mol. The Kier molecular flexibility index (Phi) is 3.48. The van der Waals surface area contributed by atoms with Crippen LogP contribution in [-0.4, -0.2) is 22.1 Å². The number of halogens is 1. The van der Waals surface area contributed by atoms with Gasteiger partial charge in [-0.05, 0) is 55.1 Å². The third-order valence-electron chi connectivity index (χ3n) is 2.85. The summed E-state index contributed by atoms with van der Waals surface area (Å²) >= 11 is 5.86. The van der Waals surface area contributed by atoms with E-state index in [2.05, 4.69) is 40.9 Å². The van der Waals surface area contributed by atoms with Gasteiger partial charge in [-0.1, -0.05) is 6.07 Å². The number of aryl methyl sites for hydroxylation is 3. The molecule has 0 amide bonds. The number of nitrogens with zero attached hydrogens (tertiary/aromatic N) is 3. The predicted octanol–water partition coefficient (Wildman–Crippen LogP) is 3.13. The summed E-state index contributed by atoms with van der Waals surface area (Å²) in [4.78, 5) is 12.2. The van der Waals surface area contributed by atoms with Gasteiger partial charge in [-0.25, -0.2) is 0 Å². The van der Waals surface area contributed by atoms with Gasteiger partial charge in [0.25, 0.3) is 0 Å². The fourth-order valence-electron chi connectivity index (χ4n) is 1.75. The van der Waals surface area contributed by atoms with Gasteiger partial charge >= 0.3 is 6.01 Å². The van der Waals surface area contributed by atoms with Crippen molar-refractivity contribution in [1.82, 2.24) is 15.0 Å². The molecule has 0 spiro atoms. The highest BCUT2D eigenvalue weighted by Gasteiger charge is 2.11. The molecule has 0 atom stereocenters. The SMILES string of the molecule is COc1nc(Cl)nc(-c2cc(C)c(C)cc2C)n1. The maximum atomic E-state index is 5.86. The lowest BCUT2D eigenvalue weighted by atomic mass is 10.0. The number of hydrogen-bond donors (Lipinski definition) is 0. The van der Waals surface area contributed by atoms with Crippen LogP contribution in [0.5, 0.6) is 6.01 Å². The van der Waals surface area contributed by atoms with E-state index in [-0.39, 0.29) is 11.3 Å². The first-order chi connectivity index (χ1) is 8.51. The second-order valence-corrected chi connectivity index (χ2v) is 4.50. The quantitative estimate of drug-likeness (QED) is 0.835. The zero-order chi connectivity index (χ0) is 13.3. The molecule has 2 aromatic rings. The van der Waals surface area contributed by atoms with Crippen LogP contribution in [0.1, 0.15) is 16.7 Å². The normalized spacial score (nSPS) is 10.5. The van der Waals surface area contributed by atoms with Crippen LogP contribution in [0, 0.1) is 20.8 Å². The average Bonchev–Trinajstić information content (AvgIpc) is 2.33. The van der Waals surface area contributed by atoms with Crippen LogP contribution in [0.15, 0.2) is 12.1 Å². The fourth-order valence-corrected chi connectivity index (χ4v) is 1.90. The average molecular weight is 264 g/mol. The lowest BCUT2D eigenvalue weighted by molar-refractivity contribution is 0.379. The molecule has 0 fully saturated rings. The van der Waals surface area contributed by atoms with E-state index < -0.39 is 0 Å². The molecule has 94 valence electrons. The highest BCUT2D eigenvalue weighted by Crippen LogP contribution is 2.25. The molecule has 0 radical (unpaired) electrons. The Morgan fingerprint density at radius 2 is 1.61 bits per heavy atom. The van der Waals surface area contributed by atoms with Gasteiger partial charge < -0.3 is 4.74 Å². The van der Waals surface area contributed by atoms with E-state index in [1.165, 1.54) is 18.2 Å². The number of methoxy groups -OCH3 is 1. The van der Waals surface area contributed by atoms with Crippen LogP contribution in [0.25, 0.3) is 11.4 Å². The Balaban J connectivity index is 2.61. The van der Waals surface area contributed by atoms with Crippen molar-refractivity contribution in [3.05, 3.63) is 34.1 Å². The third kappa shape index (κ3) is 2.43. The minimum Gasteiger partial charge on any atom is -0.467 e. The van der Waals surface area contributed by atoms with Gasteiger partial charge in [-0.2, -0.15) is 15.0 Å². The molecular formula is C13H14ClN3O. The summed E-state index contributed by atoms with van der Waals surface area (Å²) in [5.74, 6) is 0.535. The maximum absolute atomic E-state index is 5.86. The van der Waals surface area contributed by atoms with Crippen LogP contribution in [0.3, 0.4) is 0 Å². The van der Waals surface area contributed by atoms with Crippen molar-refractivity contribution in [3.8, 4) is 17.4 Å². The van der Waals surface area contributed by atoms with Crippen molar-refractivity contribution in [2.45, 2.75) is 20.8 Å². The van der Waals surface area contributed by atoms with Crippen molar-refractivity contribution in [1.29, 1.82) is 0 Å². The van der Waals surface area contributed by atoms with Crippen LogP contribution in [0.2, 0.25) is 5.28 Å². The molecule has 4 nitrogen and oxygen atoms in total. The molecule has 0 saturated carbocycles. The second-order valence-electron chi connectivity index (χ2n) is 4.17. The van der Waals surface area contributed by atoms with E-state index in [9.17, 15) is 0 Å². The first-order valence-electron chi connectivity index (χ1n) is 5.55. The fraction of sp³-hybridized carbons (Fsp3) is 0.308. The van der Waals surface area contributed by atoms with Gasteiger partial charge in [-0.3, -0.25) is 0 Å². The summed E-state index contributed by atoms with van der Waals surface area (Å²) in [6.07, 6.45) is 0. The Labute approximate surface area is 111 Å². The summed E-state index contributed by atoms with van der Waals surface area (Å²) < 4.78 is 5.00. The zero-order valence-corrected chi connectivity index (χ0v) is 11.5. The summed E-state index contributed by atoms with van der Waals surface area (Å²) in [5, 5.41) is 0.134. The van der Waals surface area contributed by atoms with E-state index in [1.54, 1.807) is 0 Å². The summed E-state index contributed by atoms with van der Waals surface area (Å²) in [7, 11) is 1.50. The number of aromatic nitrogens is 3. The van der Waals surface area contributed by atoms with Crippen molar-refractivity contribution >= 4 is 11.6 Å². The third-order valence-corrected chi connectivity index (χ3v) is 3.02. The van der Waals surface area contributed by atoms with Crippen molar-refractivity contribution in [3.63, 3.8) is 0 Å². The van der Waals surface area contributed by atoms with Crippen LogP contribution >= 0.6 is 11.6 Å². The topological polar surface area (TPSA) is 47.9 Å². The van der Waals surface area contributed by atoms with Crippen LogP contribution in [-0.2, 0) is 0 Å². The molecule has 0 N–H and O–H groups in total. The number of benzene rings is 1. The maximum Gasteiger partial charge on any atom is 0.321 e. The Morgan fingerprint density at radius 1 is 0.944 bits per heavy atom. The van der Waals surface area contributed by atoms with Crippen molar-refractivity contribution in [2.24, 2.45) is 0 Å². The van der Waals surface area contributed by atoms with E-state index in [1.807, 2.05) is 6.92 Å². The van der Waals surface area contributed by atoms with Gasteiger partial charge in [0.15, 0.2) is 5.82 Å². The summed E-state index contributed by atoms with van der Waals surface area (Å²) in [6, 6.07) is 4.38. The molecule has 0 unspecified atom stereocenters. The smallest absolute Gasteiger partial charge is 0.321 e. The molecule has 0 aliphatic rings. The lowest BCUT2D eigenvalue weighted by Gasteiger charge is -2.09.